The summed E-state index contributed by atoms with van der Waals surface area (Å²) in [5.74, 6) is -1.21. The summed E-state index contributed by atoms with van der Waals surface area (Å²) in [4.78, 5) is 23.6. The van der Waals surface area contributed by atoms with E-state index in [0.717, 1.165) is 42.0 Å². The highest BCUT2D eigenvalue weighted by Crippen LogP contribution is 2.41. The van der Waals surface area contributed by atoms with Gasteiger partial charge in [-0.15, -0.1) is 0 Å². The average Bonchev–Trinajstić information content (AvgIpc) is 3.25. The van der Waals surface area contributed by atoms with Crippen molar-refractivity contribution in [2.24, 2.45) is 5.73 Å². The number of aliphatic carboxylic acids is 1. The van der Waals surface area contributed by atoms with Gasteiger partial charge in [0, 0.05) is 12.0 Å². The molecule has 1 aliphatic rings. The number of hydrogen-bond donors (Lipinski definition) is 3. The first-order chi connectivity index (χ1) is 14.9. The minimum absolute atomic E-state index is 0.00146. The van der Waals surface area contributed by atoms with Crippen LogP contribution in [0.15, 0.2) is 48.5 Å². The Balaban J connectivity index is 1.91. The van der Waals surface area contributed by atoms with Gasteiger partial charge in [-0.25, -0.2) is 0 Å². The van der Waals surface area contributed by atoms with Gasteiger partial charge in [-0.1, -0.05) is 36.4 Å². The van der Waals surface area contributed by atoms with Crippen LogP contribution in [-0.2, 0) is 11.2 Å². The molecule has 0 spiro atoms. The fraction of sp³-hybridized carbons (Fsp3) is 0.280. The summed E-state index contributed by atoms with van der Waals surface area (Å²) in [6.45, 7) is 0. The first kappa shape index (κ1) is 20.7. The summed E-state index contributed by atoms with van der Waals surface area (Å²) in [5.41, 5.74) is 14.5. The maximum absolute atomic E-state index is 12.4. The molecule has 1 fully saturated rings. The molecule has 0 radical (unpaired) electrons. The molecule has 0 unspecified atom stereocenters. The zero-order valence-electron chi connectivity index (χ0n) is 17.3. The standard InChI is InChI=1S/C25H26N2O4/c26-23-18(11-12-21(28)29)14-20(17-10-9-15-5-1-2-6-16(15)13-17)24(22(23)25(27)30)31-19-7-3-4-8-19/h1-2,5-6,9-10,13-14,19H,3-4,7-8,11-12,26H2,(H2,27,30)(H,28,29). The van der Waals surface area contributed by atoms with Gasteiger partial charge in [-0.05, 0) is 66.1 Å². The largest absolute Gasteiger partial charge is 0.489 e. The number of aryl methyl sites for hydroxylation is 1. The van der Waals surface area contributed by atoms with Crippen molar-refractivity contribution in [2.45, 2.75) is 44.6 Å². The first-order valence-electron chi connectivity index (χ1n) is 10.6. The Kier molecular flexibility index (Phi) is 5.80. The zero-order chi connectivity index (χ0) is 22.0. The van der Waals surface area contributed by atoms with Crippen molar-refractivity contribution in [3.8, 4) is 16.9 Å². The smallest absolute Gasteiger partial charge is 0.303 e. The van der Waals surface area contributed by atoms with E-state index in [0.29, 0.717) is 16.9 Å². The molecule has 0 aromatic heterocycles. The third kappa shape index (κ3) is 4.33. The van der Waals surface area contributed by atoms with Crippen LogP contribution in [0.1, 0.15) is 48.0 Å². The molecule has 1 aliphatic carbocycles. The van der Waals surface area contributed by atoms with Gasteiger partial charge in [0.15, 0.2) is 0 Å². The second kappa shape index (κ2) is 8.68. The number of carboxylic acids is 1. The summed E-state index contributed by atoms with van der Waals surface area (Å²) in [6, 6.07) is 15.9. The van der Waals surface area contributed by atoms with E-state index in [4.69, 9.17) is 21.3 Å². The number of carbonyl (C=O) groups excluding carboxylic acids is 1. The van der Waals surface area contributed by atoms with Gasteiger partial charge in [-0.2, -0.15) is 0 Å². The maximum Gasteiger partial charge on any atom is 0.303 e. The third-order valence-corrected chi connectivity index (χ3v) is 5.91. The minimum Gasteiger partial charge on any atom is -0.489 e. The summed E-state index contributed by atoms with van der Waals surface area (Å²) in [7, 11) is 0. The molecule has 0 heterocycles. The second-order valence-corrected chi connectivity index (χ2v) is 8.05. The lowest BCUT2D eigenvalue weighted by molar-refractivity contribution is -0.136. The van der Waals surface area contributed by atoms with Crippen LogP contribution in [-0.4, -0.2) is 23.1 Å². The van der Waals surface area contributed by atoms with Crippen LogP contribution in [0, 0.1) is 0 Å². The highest BCUT2D eigenvalue weighted by atomic mass is 16.5. The molecule has 3 aromatic rings. The lowest BCUT2D eigenvalue weighted by Gasteiger charge is -2.22. The average molecular weight is 418 g/mol. The van der Waals surface area contributed by atoms with E-state index in [9.17, 15) is 9.59 Å². The molecule has 160 valence electrons. The van der Waals surface area contributed by atoms with Crippen LogP contribution in [0.2, 0.25) is 0 Å². The number of carbonyl (C=O) groups is 2. The number of anilines is 1. The maximum atomic E-state index is 12.4. The number of carboxylic acid groups (broad SMARTS) is 1. The minimum atomic E-state index is -0.932. The molecule has 5 N–H and O–H groups in total. The molecule has 0 aliphatic heterocycles. The quantitative estimate of drug-likeness (QED) is 0.488. The van der Waals surface area contributed by atoms with Crippen LogP contribution >= 0.6 is 0 Å². The van der Waals surface area contributed by atoms with Crippen molar-refractivity contribution in [2.75, 3.05) is 5.73 Å². The Bertz CT molecular complexity index is 1150. The lowest BCUT2D eigenvalue weighted by atomic mass is 9.92. The second-order valence-electron chi connectivity index (χ2n) is 8.05. The van der Waals surface area contributed by atoms with Crippen molar-refractivity contribution in [1.82, 2.24) is 0 Å². The Hall–Kier alpha value is -3.54. The normalized spacial score (nSPS) is 14.1. The highest BCUT2D eigenvalue weighted by molar-refractivity contribution is 6.04. The Labute approximate surface area is 180 Å². The van der Waals surface area contributed by atoms with Gasteiger partial charge in [0.1, 0.15) is 11.3 Å². The Morgan fingerprint density at radius 3 is 2.42 bits per heavy atom. The third-order valence-electron chi connectivity index (χ3n) is 5.91. The SMILES string of the molecule is NC(=O)c1c(N)c(CCC(=O)O)cc(-c2ccc3ccccc3c2)c1OC1CCCC1. The number of hydrogen-bond acceptors (Lipinski definition) is 4. The van der Waals surface area contributed by atoms with Crippen LogP contribution in [0.3, 0.4) is 0 Å². The summed E-state index contributed by atoms with van der Waals surface area (Å²) >= 11 is 0. The fourth-order valence-corrected chi connectivity index (χ4v) is 4.29. The molecular formula is C25H26N2O4. The van der Waals surface area contributed by atoms with E-state index in [-0.39, 0.29) is 30.2 Å². The zero-order valence-corrected chi connectivity index (χ0v) is 17.3. The molecule has 0 bridgehead atoms. The predicted octanol–water partition coefficient (Wildman–Crippen LogP) is 4.53. The van der Waals surface area contributed by atoms with Crippen LogP contribution in [0.5, 0.6) is 5.75 Å². The molecule has 6 heteroatoms. The van der Waals surface area contributed by atoms with Crippen molar-refractivity contribution in [3.05, 3.63) is 59.7 Å². The van der Waals surface area contributed by atoms with E-state index in [2.05, 4.69) is 0 Å². The number of rotatable bonds is 7. The number of fused-ring (bicyclic) bond motifs is 1. The van der Waals surface area contributed by atoms with Crippen LogP contribution in [0.25, 0.3) is 21.9 Å². The van der Waals surface area contributed by atoms with E-state index >= 15 is 0 Å². The Morgan fingerprint density at radius 2 is 1.74 bits per heavy atom. The van der Waals surface area contributed by atoms with E-state index < -0.39 is 11.9 Å². The number of primary amides is 1. The molecular weight excluding hydrogens is 392 g/mol. The summed E-state index contributed by atoms with van der Waals surface area (Å²) in [6.07, 6.45) is 4.09. The van der Waals surface area contributed by atoms with Crippen LogP contribution in [0.4, 0.5) is 5.69 Å². The monoisotopic (exact) mass is 418 g/mol. The summed E-state index contributed by atoms with van der Waals surface area (Å²) < 4.78 is 6.33. The molecule has 3 aromatic carbocycles. The van der Waals surface area contributed by atoms with Gasteiger partial charge >= 0.3 is 5.97 Å². The van der Waals surface area contributed by atoms with Crippen molar-refractivity contribution < 1.29 is 19.4 Å². The van der Waals surface area contributed by atoms with Crippen molar-refractivity contribution in [3.63, 3.8) is 0 Å². The number of benzene rings is 3. The Morgan fingerprint density at radius 1 is 1.03 bits per heavy atom. The number of amides is 1. The van der Waals surface area contributed by atoms with E-state index in [1.807, 2.05) is 48.5 Å². The number of nitrogens with two attached hydrogens (primary N) is 2. The highest BCUT2D eigenvalue weighted by Gasteiger charge is 2.26. The van der Waals surface area contributed by atoms with Gasteiger partial charge in [-0.3, -0.25) is 9.59 Å². The molecule has 0 atom stereocenters. The van der Waals surface area contributed by atoms with Gasteiger partial charge in [0.25, 0.3) is 5.91 Å². The van der Waals surface area contributed by atoms with Crippen molar-refractivity contribution in [1.29, 1.82) is 0 Å². The van der Waals surface area contributed by atoms with Gasteiger partial charge in [0.2, 0.25) is 0 Å². The molecule has 1 saturated carbocycles. The molecule has 4 rings (SSSR count). The molecule has 6 nitrogen and oxygen atoms in total. The molecule has 31 heavy (non-hydrogen) atoms. The van der Waals surface area contributed by atoms with Crippen molar-refractivity contribution >= 4 is 28.3 Å². The molecule has 0 saturated heterocycles. The first-order valence-corrected chi connectivity index (χ1v) is 10.6. The molecule has 1 amide bonds. The fourth-order valence-electron chi connectivity index (χ4n) is 4.29. The van der Waals surface area contributed by atoms with Gasteiger partial charge in [0.05, 0.1) is 11.8 Å². The van der Waals surface area contributed by atoms with Gasteiger partial charge < -0.3 is 21.3 Å². The van der Waals surface area contributed by atoms with E-state index in [1.54, 1.807) is 0 Å². The summed E-state index contributed by atoms with van der Waals surface area (Å²) in [5, 5.41) is 11.3. The lowest BCUT2D eigenvalue weighted by Crippen LogP contribution is -2.21. The topological polar surface area (TPSA) is 116 Å². The number of nitrogen functional groups attached to an aromatic ring is 1. The number of ether oxygens (including phenoxy) is 1. The van der Waals surface area contributed by atoms with Crippen LogP contribution < -0.4 is 16.2 Å². The van der Waals surface area contributed by atoms with E-state index in [1.165, 1.54) is 0 Å². The predicted molar refractivity (Wildman–Crippen MR) is 121 cm³/mol.